The second kappa shape index (κ2) is 25.0. The van der Waals surface area contributed by atoms with Crippen LogP contribution in [-0.4, -0.2) is 24.1 Å². The summed E-state index contributed by atoms with van der Waals surface area (Å²) in [5.74, 6) is 2.00. The van der Waals surface area contributed by atoms with E-state index in [9.17, 15) is 0 Å². The Kier molecular flexibility index (Phi) is 14.8. The van der Waals surface area contributed by atoms with Crippen LogP contribution >= 0.6 is 0 Å². The van der Waals surface area contributed by atoms with Crippen LogP contribution in [0, 0.1) is 0 Å². The molecular formula is C93H65N5. The largest absolute Gasteiger partial charge is 0.313 e. The van der Waals surface area contributed by atoms with Crippen LogP contribution in [0.3, 0.4) is 0 Å². The molecule has 0 amide bonds. The molecular weight excluding hydrogens is 1190 g/mol. The third-order valence-electron chi connectivity index (χ3n) is 19.7. The summed E-state index contributed by atoms with van der Waals surface area (Å²) in [6, 6.07) is 116. The van der Waals surface area contributed by atoms with Crippen LogP contribution in [0.2, 0.25) is 0 Å². The molecule has 3 aromatic heterocycles. The Hall–Kier alpha value is -12.6. The van der Waals surface area contributed by atoms with Gasteiger partial charge in [0.15, 0.2) is 17.5 Å². The molecule has 5 heteroatoms. The highest BCUT2D eigenvalue weighted by Gasteiger charge is 2.22. The summed E-state index contributed by atoms with van der Waals surface area (Å²) in [4.78, 5) is 16.1. The molecule has 1 unspecified atom stereocenters. The molecule has 0 bridgehead atoms. The first-order valence-electron chi connectivity index (χ1n) is 34.0. The smallest absolute Gasteiger partial charge is 0.164 e. The second-order valence-electron chi connectivity index (χ2n) is 25.8. The van der Waals surface area contributed by atoms with Crippen molar-refractivity contribution in [2.24, 2.45) is 0 Å². The zero-order valence-corrected chi connectivity index (χ0v) is 53.9. The lowest BCUT2D eigenvalue weighted by Crippen LogP contribution is -2.05. The number of para-hydroxylation sites is 3. The Labute approximate surface area is 570 Å². The molecule has 2 aliphatic rings. The molecule has 3 heterocycles. The topological polar surface area (TPSA) is 48.5 Å². The van der Waals surface area contributed by atoms with Crippen molar-refractivity contribution in [3.8, 4) is 112 Å². The van der Waals surface area contributed by atoms with Crippen molar-refractivity contribution in [2.75, 3.05) is 0 Å². The summed E-state index contributed by atoms with van der Waals surface area (Å²) in [6.45, 7) is 0. The van der Waals surface area contributed by atoms with Gasteiger partial charge in [0, 0.05) is 61.4 Å². The first-order chi connectivity index (χ1) is 48.5. The summed E-state index contributed by atoms with van der Waals surface area (Å²) in [5, 5.41) is 3.80. The van der Waals surface area contributed by atoms with Crippen molar-refractivity contribution < 1.29 is 0 Å². The van der Waals surface area contributed by atoms with E-state index in [0.717, 1.165) is 91.7 Å². The van der Waals surface area contributed by atoms with E-state index in [1.165, 1.54) is 83.0 Å². The first kappa shape index (κ1) is 58.0. The van der Waals surface area contributed by atoms with Gasteiger partial charge in [-0.2, -0.15) is 0 Å². The Morgan fingerprint density at radius 1 is 0.276 bits per heavy atom. The maximum absolute atomic E-state index is 5.39. The molecule has 0 spiro atoms. The highest BCUT2D eigenvalue weighted by atomic mass is 15.0. The van der Waals surface area contributed by atoms with Crippen molar-refractivity contribution >= 4 is 44.4 Å². The van der Waals surface area contributed by atoms with Crippen LogP contribution in [0.4, 0.5) is 0 Å². The summed E-state index contributed by atoms with van der Waals surface area (Å²) in [5.41, 5.74) is 28.8. The fourth-order valence-corrected chi connectivity index (χ4v) is 14.9. The highest BCUT2D eigenvalue weighted by Crippen LogP contribution is 2.41. The first-order valence-corrected chi connectivity index (χ1v) is 34.0. The fraction of sp³-hybridized carbons (Fsp3) is 0.0430. The molecule has 2 aliphatic carbocycles. The van der Waals surface area contributed by atoms with Gasteiger partial charge in [-0.3, -0.25) is 0 Å². The molecule has 0 radical (unpaired) electrons. The SMILES string of the molecule is C1=Cc2c(n(-c3cccc(C4C=C(c5cccc(-c6nc(-c7ccc(-c8cccc(-c9cccc(-c%10cccc(-c%11ccccc%11)c%10)c9)c8)cc7)nc(-c7cccc(-c8cccc(-c9cccc(-n%10c%11ccccc%11c%11ccccc%11%10)c9)c8)c7)n6)c5)C=CC4)c3)c3ccccc23)CC1. The summed E-state index contributed by atoms with van der Waals surface area (Å²) < 4.78 is 4.87. The average molecular weight is 1250 g/mol. The van der Waals surface area contributed by atoms with Gasteiger partial charge in [0.2, 0.25) is 0 Å². The van der Waals surface area contributed by atoms with Crippen molar-refractivity contribution in [3.63, 3.8) is 0 Å². The predicted octanol–water partition coefficient (Wildman–Crippen LogP) is 24.0. The number of allylic oxidation sites excluding steroid dienone is 5. The van der Waals surface area contributed by atoms with Crippen molar-refractivity contribution in [3.05, 3.63) is 368 Å². The fourth-order valence-electron chi connectivity index (χ4n) is 14.9. The van der Waals surface area contributed by atoms with E-state index in [0.29, 0.717) is 17.5 Å². The van der Waals surface area contributed by atoms with Crippen LogP contribution in [0.25, 0.3) is 157 Å². The van der Waals surface area contributed by atoms with Gasteiger partial charge in [-0.15, -0.1) is 0 Å². The predicted molar refractivity (Wildman–Crippen MR) is 408 cm³/mol. The van der Waals surface area contributed by atoms with E-state index in [2.05, 4.69) is 361 Å². The summed E-state index contributed by atoms with van der Waals surface area (Å²) in [7, 11) is 0. The lowest BCUT2D eigenvalue weighted by atomic mass is 9.87. The molecule has 0 aliphatic heterocycles. The molecule has 0 N–H and O–H groups in total. The molecule has 0 saturated heterocycles. The van der Waals surface area contributed by atoms with E-state index in [-0.39, 0.29) is 5.92 Å². The van der Waals surface area contributed by atoms with Gasteiger partial charge in [-0.1, -0.05) is 273 Å². The average Bonchev–Trinajstić information content (AvgIpc) is 1.54. The van der Waals surface area contributed by atoms with E-state index in [1.807, 2.05) is 0 Å². The number of nitrogens with zero attached hydrogens (tertiary/aromatic N) is 5. The quantitative estimate of drug-likeness (QED) is 0.116. The molecule has 5 nitrogen and oxygen atoms in total. The number of benzene rings is 13. The molecule has 18 rings (SSSR count). The second-order valence-corrected chi connectivity index (χ2v) is 25.8. The maximum atomic E-state index is 5.39. The molecule has 1 atom stereocenters. The number of hydrogen-bond acceptors (Lipinski definition) is 3. The Balaban J connectivity index is 0.685. The number of fused-ring (bicyclic) bond motifs is 6. The Bertz CT molecular complexity index is 5810. The molecule has 16 aromatic rings. The number of hydrogen-bond donors (Lipinski definition) is 0. The van der Waals surface area contributed by atoms with Crippen molar-refractivity contribution in [1.29, 1.82) is 0 Å². The normalized spacial score (nSPS) is 13.5. The van der Waals surface area contributed by atoms with E-state index >= 15 is 0 Å². The minimum atomic E-state index is 0.196. The van der Waals surface area contributed by atoms with Crippen LogP contribution in [0.15, 0.2) is 346 Å². The summed E-state index contributed by atoms with van der Waals surface area (Å²) in [6.07, 6.45) is 14.7. The van der Waals surface area contributed by atoms with Crippen LogP contribution in [0.5, 0.6) is 0 Å². The van der Waals surface area contributed by atoms with E-state index in [4.69, 9.17) is 15.0 Å². The van der Waals surface area contributed by atoms with Crippen molar-refractivity contribution in [2.45, 2.75) is 25.2 Å². The number of rotatable bonds is 13. The minimum absolute atomic E-state index is 0.196. The monoisotopic (exact) mass is 1250 g/mol. The third kappa shape index (κ3) is 11.0. The van der Waals surface area contributed by atoms with Gasteiger partial charge >= 0.3 is 0 Å². The van der Waals surface area contributed by atoms with Gasteiger partial charge in [0.1, 0.15) is 0 Å². The molecule has 0 fully saturated rings. The Morgan fingerprint density at radius 2 is 0.663 bits per heavy atom. The molecule has 98 heavy (non-hydrogen) atoms. The number of aromatic nitrogens is 5. The highest BCUT2D eigenvalue weighted by molar-refractivity contribution is 6.09. The maximum Gasteiger partial charge on any atom is 0.164 e. The minimum Gasteiger partial charge on any atom is -0.313 e. The van der Waals surface area contributed by atoms with E-state index < -0.39 is 0 Å². The van der Waals surface area contributed by atoms with Gasteiger partial charge in [-0.05, 0) is 182 Å². The third-order valence-corrected chi connectivity index (χ3v) is 19.7. The van der Waals surface area contributed by atoms with Gasteiger partial charge in [0.25, 0.3) is 0 Å². The lowest BCUT2D eigenvalue weighted by molar-refractivity contribution is 0.848. The van der Waals surface area contributed by atoms with Crippen LogP contribution < -0.4 is 0 Å². The van der Waals surface area contributed by atoms with Crippen LogP contribution in [0.1, 0.15) is 41.1 Å². The molecule has 462 valence electrons. The zero-order chi connectivity index (χ0) is 64.9. The standard InChI is InChI=1S/C93H65N5/c1-2-21-62(22-3-1)65-23-12-25-67(53-65)69-27-14-28-70(55-69)68-26-13-24-66(54-68)63-49-51-64(52-50-63)91-94-92(79-37-17-33-75(58-79)71-29-15-31-73(56-71)77-35-19-39-81(60-77)97-87-45-8-4-41-83(87)84-42-5-9-46-88(84)97)96-93(95-91)80-38-18-34-76(59-80)72-30-16-32-74(57-72)78-36-20-40-82(61-78)98-89-47-10-6-43-85(89)86-44-7-11-48-90(86)98/h1-10,12-31,33-47,49-61,74H,11,32,48H2. The molecule has 13 aromatic carbocycles. The lowest BCUT2D eigenvalue weighted by Gasteiger charge is -2.20. The van der Waals surface area contributed by atoms with E-state index in [1.54, 1.807) is 0 Å². The van der Waals surface area contributed by atoms with Gasteiger partial charge in [0.05, 0.1) is 16.6 Å². The summed E-state index contributed by atoms with van der Waals surface area (Å²) >= 11 is 0. The Morgan fingerprint density at radius 3 is 1.22 bits per heavy atom. The van der Waals surface area contributed by atoms with Gasteiger partial charge in [-0.25, -0.2) is 15.0 Å². The molecule has 0 saturated carbocycles. The van der Waals surface area contributed by atoms with Gasteiger partial charge < -0.3 is 9.13 Å². The van der Waals surface area contributed by atoms with Crippen LogP contribution in [-0.2, 0) is 6.42 Å². The zero-order valence-electron chi connectivity index (χ0n) is 53.9. The van der Waals surface area contributed by atoms with Crippen molar-refractivity contribution in [1.82, 2.24) is 24.1 Å².